The van der Waals surface area contributed by atoms with Crippen LogP contribution in [-0.2, 0) is 16.8 Å². The molecule has 3 heteroatoms. The normalized spacial score (nSPS) is 30.8. The lowest BCUT2D eigenvalue weighted by Crippen LogP contribution is -2.48. The van der Waals surface area contributed by atoms with E-state index in [0.717, 1.165) is 37.1 Å². The molecule has 0 radical (unpaired) electrons. The second kappa shape index (κ2) is 4.38. The minimum atomic E-state index is -0.351. The summed E-state index contributed by atoms with van der Waals surface area (Å²) in [5, 5.41) is 12.9. The van der Waals surface area contributed by atoms with Gasteiger partial charge >= 0.3 is 0 Å². The Bertz CT molecular complexity index is 500. The molecule has 2 aliphatic heterocycles. The summed E-state index contributed by atoms with van der Waals surface area (Å²) < 4.78 is 6.10. The molecular weight excluding hydrogens is 224 g/mol. The lowest BCUT2D eigenvalue weighted by Gasteiger charge is -2.41. The standard InChI is InChI=1S/C15H18N2O/c1-15(13-6-3-8-17-13)14-11(7-9-18-15)4-2-5-12(14)10-16/h2,4-5,13,17H,3,6-9H2,1H3/t13-,15-/m0/s1. The van der Waals surface area contributed by atoms with E-state index in [2.05, 4.69) is 24.4 Å². The van der Waals surface area contributed by atoms with Gasteiger partial charge in [-0.1, -0.05) is 12.1 Å². The van der Waals surface area contributed by atoms with E-state index in [1.165, 1.54) is 12.0 Å². The van der Waals surface area contributed by atoms with Crippen molar-refractivity contribution in [1.29, 1.82) is 5.26 Å². The second-order valence-electron chi connectivity index (χ2n) is 5.31. The number of hydrogen-bond acceptors (Lipinski definition) is 3. The van der Waals surface area contributed by atoms with Crippen LogP contribution in [0.2, 0.25) is 0 Å². The van der Waals surface area contributed by atoms with Gasteiger partial charge in [0.05, 0.1) is 18.2 Å². The first-order valence-electron chi connectivity index (χ1n) is 6.65. The molecule has 2 heterocycles. The molecule has 0 bridgehead atoms. The summed E-state index contributed by atoms with van der Waals surface area (Å²) in [7, 11) is 0. The summed E-state index contributed by atoms with van der Waals surface area (Å²) in [4.78, 5) is 0. The first-order valence-corrected chi connectivity index (χ1v) is 6.65. The molecule has 0 aromatic heterocycles. The number of benzene rings is 1. The summed E-state index contributed by atoms with van der Waals surface area (Å²) in [5.41, 5.74) is 2.80. The van der Waals surface area contributed by atoms with E-state index >= 15 is 0 Å². The molecule has 18 heavy (non-hydrogen) atoms. The van der Waals surface area contributed by atoms with Gasteiger partial charge in [-0.15, -0.1) is 0 Å². The van der Waals surface area contributed by atoms with Gasteiger partial charge in [0.2, 0.25) is 0 Å². The molecule has 0 unspecified atom stereocenters. The molecule has 1 aromatic rings. The van der Waals surface area contributed by atoms with Gasteiger partial charge in [0.25, 0.3) is 0 Å². The van der Waals surface area contributed by atoms with Crippen LogP contribution in [0.1, 0.15) is 36.5 Å². The molecule has 0 spiro atoms. The van der Waals surface area contributed by atoms with Crippen LogP contribution in [0.4, 0.5) is 0 Å². The van der Waals surface area contributed by atoms with E-state index in [1.54, 1.807) is 0 Å². The molecule has 2 atom stereocenters. The number of fused-ring (bicyclic) bond motifs is 1. The van der Waals surface area contributed by atoms with E-state index in [9.17, 15) is 5.26 Å². The van der Waals surface area contributed by atoms with Gasteiger partial charge in [-0.3, -0.25) is 0 Å². The molecule has 1 saturated heterocycles. The van der Waals surface area contributed by atoms with E-state index in [0.29, 0.717) is 6.04 Å². The maximum Gasteiger partial charge on any atom is 0.107 e. The van der Waals surface area contributed by atoms with E-state index in [-0.39, 0.29) is 5.60 Å². The Hall–Kier alpha value is -1.37. The summed E-state index contributed by atoms with van der Waals surface area (Å²) in [5.74, 6) is 0. The fourth-order valence-corrected chi connectivity index (χ4v) is 3.36. The van der Waals surface area contributed by atoms with E-state index in [4.69, 9.17) is 4.74 Å². The van der Waals surface area contributed by atoms with Crippen LogP contribution in [0.5, 0.6) is 0 Å². The van der Waals surface area contributed by atoms with E-state index in [1.807, 2.05) is 12.1 Å². The van der Waals surface area contributed by atoms with Crippen molar-refractivity contribution in [2.24, 2.45) is 0 Å². The maximum absolute atomic E-state index is 9.34. The SMILES string of the molecule is C[C@@]1([C@@H]2CCCN2)OCCc2cccc(C#N)c21. The highest BCUT2D eigenvalue weighted by atomic mass is 16.5. The minimum Gasteiger partial charge on any atom is -0.369 e. The molecule has 1 fully saturated rings. The molecule has 1 N–H and O–H groups in total. The van der Waals surface area contributed by atoms with Crippen molar-refractivity contribution < 1.29 is 4.74 Å². The lowest BCUT2D eigenvalue weighted by molar-refractivity contribution is -0.0690. The Morgan fingerprint density at radius 3 is 3.11 bits per heavy atom. The molecule has 0 saturated carbocycles. The van der Waals surface area contributed by atoms with Gasteiger partial charge in [-0.05, 0) is 44.4 Å². The van der Waals surface area contributed by atoms with Crippen molar-refractivity contribution in [3.63, 3.8) is 0 Å². The summed E-state index contributed by atoms with van der Waals surface area (Å²) in [6.45, 7) is 3.93. The topological polar surface area (TPSA) is 45.0 Å². The van der Waals surface area contributed by atoms with E-state index < -0.39 is 0 Å². The number of nitrogens with zero attached hydrogens (tertiary/aromatic N) is 1. The average molecular weight is 242 g/mol. The Labute approximate surface area is 108 Å². The zero-order chi connectivity index (χ0) is 12.6. The van der Waals surface area contributed by atoms with Crippen LogP contribution in [-0.4, -0.2) is 19.2 Å². The zero-order valence-corrected chi connectivity index (χ0v) is 10.7. The fourth-order valence-electron chi connectivity index (χ4n) is 3.36. The first-order chi connectivity index (χ1) is 8.75. The molecule has 3 rings (SSSR count). The van der Waals surface area contributed by atoms with Gasteiger partial charge < -0.3 is 10.1 Å². The Morgan fingerprint density at radius 2 is 2.39 bits per heavy atom. The van der Waals surface area contributed by atoms with Gasteiger partial charge in [0.1, 0.15) is 5.60 Å². The predicted octanol–water partition coefficient (Wildman–Crippen LogP) is 2.10. The summed E-state index contributed by atoms with van der Waals surface area (Å²) in [6.07, 6.45) is 3.22. The first kappa shape index (κ1) is 11.7. The van der Waals surface area contributed by atoms with Gasteiger partial charge in [-0.25, -0.2) is 0 Å². The second-order valence-corrected chi connectivity index (χ2v) is 5.31. The molecule has 0 amide bonds. The quantitative estimate of drug-likeness (QED) is 0.820. The van der Waals surface area contributed by atoms with Crippen LogP contribution in [0.15, 0.2) is 18.2 Å². The van der Waals surface area contributed by atoms with Crippen LogP contribution in [0, 0.1) is 11.3 Å². The maximum atomic E-state index is 9.34. The van der Waals surface area contributed by atoms with Crippen LogP contribution < -0.4 is 5.32 Å². The average Bonchev–Trinajstić information content (AvgIpc) is 2.93. The third-order valence-electron chi connectivity index (χ3n) is 4.27. The monoisotopic (exact) mass is 242 g/mol. The Balaban J connectivity index is 2.13. The number of rotatable bonds is 1. The number of hydrogen-bond donors (Lipinski definition) is 1. The third-order valence-corrected chi connectivity index (χ3v) is 4.27. The third kappa shape index (κ3) is 1.65. The number of ether oxygens (including phenoxy) is 1. The Morgan fingerprint density at radius 1 is 1.50 bits per heavy atom. The Kier molecular flexibility index (Phi) is 2.85. The fraction of sp³-hybridized carbons (Fsp3) is 0.533. The van der Waals surface area contributed by atoms with Crippen molar-refractivity contribution in [1.82, 2.24) is 5.32 Å². The molecular formula is C15H18N2O. The van der Waals surface area contributed by atoms with Gasteiger partial charge in [0, 0.05) is 11.6 Å². The summed E-state index contributed by atoms with van der Waals surface area (Å²) >= 11 is 0. The smallest absolute Gasteiger partial charge is 0.107 e. The highest BCUT2D eigenvalue weighted by Crippen LogP contribution is 2.40. The largest absolute Gasteiger partial charge is 0.369 e. The molecule has 94 valence electrons. The van der Waals surface area contributed by atoms with Crippen LogP contribution in [0.25, 0.3) is 0 Å². The molecule has 0 aliphatic carbocycles. The zero-order valence-electron chi connectivity index (χ0n) is 10.7. The minimum absolute atomic E-state index is 0.325. The lowest BCUT2D eigenvalue weighted by atomic mass is 9.79. The van der Waals surface area contributed by atoms with Crippen LogP contribution >= 0.6 is 0 Å². The van der Waals surface area contributed by atoms with Crippen molar-refractivity contribution >= 4 is 0 Å². The van der Waals surface area contributed by atoms with Crippen molar-refractivity contribution in [3.05, 3.63) is 34.9 Å². The molecule has 1 aromatic carbocycles. The van der Waals surface area contributed by atoms with Crippen molar-refractivity contribution in [3.8, 4) is 6.07 Å². The summed E-state index contributed by atoms with van der Waals surface area (Å²) in [6, 6.07) is 8.66. The highest BCUT2D eigenvalue weighted by Gasteiger charge is 2.43. The molecule has 3 nitrogen and oxygen atoms in total. The number of nitriles is 1. The van der Waals surface area contributed by atoms with Gasteiger partial charge in [0.15, 0.2) is 0 Å². The van der Waals surface area contributed by atoms with Gasteiger partial charge in [-0.2, -0.15) is 5.26 Å². The van der Waals surface area contributed by atoms with Crippen LogP contribution in [0.3, 0.4) is 0 Å². The number of nitrogens with one attached hydrogen (secondary N) is 1. The van der Waals surface area contributed by atoms with Crippen molar-refractivity contribution in [2.75, 3.05) is 13.2 Å². The highest BCUT2D eigenvalue weighted by molar-refractivity contribution is 5.48. The van der Waals surface area contributed by atoms with Crippen molar-refractivity contribution in [2.45, 2.75) is 37.8 Å². The predicted molar refractivity (Wildman–Crippen MR) is 69.2 cm³/mol. The molecule has 2 aliphatic rings.